The largest absolute Gasteiger partial charge is 0.507 e. The minimum Gasteiger partial charge on any atom is -0.507 e. The van der Waals surface area contributed by atoms with Crippen molar-refractivity contribution in [2.24, 2.45) is 0 Å². The van der Waals surface area contributed by atoms with Gasteiger partial charge in [-0.1, -0.05) is 72.8 Å². The number of phenolic OH excluding ortho intramolecular Hbond substituents is 1. The highest BCUT2D eigenvalue weighted by Crippen LogP contribution is 2.36. The summed E-state index contributed by atoms with van der Waals surface area (Å²) in [5.41, 5.74) is 5.02. The van der Waals surface area contributed by atoms with Crippen LogP contribution in [0, 0.1) is 13.8 Å². The van der Waals surface area contributed by atoms with E-state index in [2.05, 4.69) is 17.4 Å². The number of benzene rings is 3. The number of aryl methyl sites for hydroxylation is 2. The second-order valence-electron chi connectivity index (χ2n) is 8.11. The van der Waals surface area contributed by atoms with Gasteiger partial charge in [0.25, 0.3) is 0 Å². The van der Waals surface area contributed by atoms with Gasteiger partial charge in [0.2, 0.25) is 5.91 Å². The molecule has 3 aromatic rings. The molecule has 0 unspecified atom stereocenters. The molecule has 0 aromatic heterocycles. The van der Waals surface area contributed by atoms with Crippen molar-refractivity contribution in [2.45, 2.75) is 52.0 Å². The summed E-state index contributed by atoms with van der Waals surface area (Å²) >= 11 is 0. The number of amides is 1. The molecule has 3 rings (SSSR count). The first-order valence-electron chi connectivity index (χ1n) is 10.6. The van der Waals surface area contributed by atoms with Crippen molar-refractivity contribution < 1.29 is 9.90 Å². The average molecular weight is 402 g/mol. The van der Waals surface area contributed by atoms with Crippen LogP contribution in [0.5, 0.6) is 5.75 Å². The first-order valence-corrected chi connectivity index (χ1v) is 10.6. The SMILES string of the molecule is Cc1ccc([C@@H](CC(=O)N[C@H](C)CCc2ccccc2)c2ccccc2)c(O)c1C. The fourth-order valence-corrected chi connectivity index (χ4v) is 3.82. The van der Waals surface area contributed by atoms with Crippen LogP contribution in [0.3, 0.4) is 0 Å². The molecule has 0 aliphatic carbocycles. The van der Waals surface area contributed by atoms with Crippen molar-refractivity contribution in [1.82, 2.24) is 5.32 Å². The first-order chi connectivity index (χ1) is 14.5. The number of aromatic hydroxyl groups is 1. The zero-order valence-corrected chi connectivity index (χ0v) is 18.1. The van der Waals surface area contributed by atoms with E-state index >= 15 is 0 Å². The third-order valence-electron chi connectivity index (χ3n) is 5.82. The first kappa shape index (κ1) is 21.6. The summed E-state index contributed by atoms with van der Waals surface area (Å²) in [4.78, 5) is 12.9. The monoisotopic (exact) mass is 401 g/mol. The predicted octanol–water partition coefficient (Wildman–Crippen LogP) is 5.67. The number of hydrogen-bond donors (Lipinski definition) is 2. The molecule has 0 fully saturated rings. The van der Waals surface area contributed by atoms with Crippen LogP contribution in [0.25, 0.3) is 0 Å². The van der Waals surface area contributed by atoms with Crippen LogP contribution in [0.15, 0.2) is 72.8 Å². The van der Waals surface area contributed by atoms with E-state index in [1.807, 2.05) is 81.4 Å². The Morgan fingerprint density at radius 2 is 1.57 bits per heavy atom. The van der Waals surface area contributed by atoms with Gasteiger partial charge < -0.3 is 10.4 Å². The minimum atomic E-state index is -0.188. The van der Waals surface area contributed by atoms with Crippen LogP contribution >= 0.6 is 0 Å². The Bertz CT molecular complexity index is 967. The van der Waals surface area contributed by atoms with E-state index in [0.29, 0.717) is 6.42 Å². The van der Waals surface area contributed by atoms with Crippen LogP contribution in [0.1, 0.15) is 53.5 Å². The summed E-state index contributed by atoms with van der Waals surface area (Å²) in [6.45, 7) is 5.95. The van der Waals surface area contributed by atoms with Crippen molar-refractivity contribution in [3.8, 4) is 5.75 Å². The molecular weight excluding hydrogens is 370 g/mol. The summed E-state index contributed by atoms with van der Waals surface area (Å²) in [6.07, 6.45) is 2.12. The Kier molecular flexibility index (Phi) is 7.29. The molecule has 156 valence electrons. The number of rotatable bonds is 8. The molecule has 0 aliphatic rings. The third-order valence-corrected chi connectivity index (χ3v) is 5.82. The topological polar surface area (TPSA) is 49.3 Å². The fourth-order valence-electron chi connectivity index (χ4n) is 3.82. The lowest BCUT2D eigenvalue weighted by molar-refractivity contribution is -0.121. The summed E-state index contributed by atoms with van der Waals surface area (Å²) < 4.78 is 0. The van der Waals surface area contributed by atoms with Crippen molar-refractivity contribution in [1.29, 1.82) is 0 Å². The van der Waals surface area contributed by atoms with Gasteiger partial charge in [0.05, 0.1) is 0 Å². The van der Waals surface area contributed by atoms with E-state index in [4.69, 9.17) is 0 Å². The molecule has 1 amide bonds. The summed E-state index contributed by atoms with van der Waals surface area (Å²) in [7, 11) is 0. The fraction of sp³-hybridized carbons (Fsp3) is 0.296. The van der Waals surface area contributed by atoms with Crippen LogP contribution in [-0.2, 0) is 11.2 Å². The molecule has 0 saturated heterocycles. The standard InChI is InChI=1S/C27H31NO2/c1-19-14-17-24(27(30)21(19)3)25(23-12-8-5-9-13-23)18-26(29)28-20(2)15-16-22-10-6-4-7-11-22/h4-14,17,20,25,30H,15-16,18H2,1-3H3,(H,28,29)/t20-,25+/m1/s1. The van der Waals surface area contributed by atoms with Gasteiger partial charge in [-0.3, -0.25) is 4.79 Å². The van der Waals surface area contributed by atoms with Crippen molar-refractivity contribution in [3.63, 3.8) is 0 Å². The maximum atomic E-state index is 12.9. The lowest BCUT2D eigenvalue weighted by Crippen LogP contribution is -2.34. The van der Waals surface area contributed by atoms with Gasteiger partial charge in [-0.05, 0) is 55.9 Å². The van der Waals surface area contributed by atoms with E-state index < -0.39 is 0 Å². The number of carbonyl (C=O) groups is 1. The smallest absolute Gasteiger partial charge is 0.221 e. The van der Waals surface area contributed by atoms with E-state index in [1.165, 1.54) is 5.56 Å². The molecule has 0 bridgehead atoms. The lowest BCUT2D eigenvalue weighted by atomic mass is 9.86. The molecule has 3 nitrogen and oxygen atoms in total. The quantitative estimate of drug-likeness (QED) is 0.511. The maximum Gasteiger partial charge on any atom is 0.221 e. The molecule has 0 spiro atoms. The van der Waals surface area contributed by atoms with Gasteiger partial charge in [0.15, 0.2) is 0 Å². The van der Waals surface area contributed by atoms with Gasteiger partial charge in [-0.2, -0.15) is 0 Å². The van der Waals surface area contributed by atoms with E-state index in [-0.39, 0.29) is 23.6 Å². The molecule has 3 aromatic carbocycles. The van der Waals surface area contributed by atoms with Gasteiger partial charge in [0, 0.05) is 23.9 Å². The van der Waals surface area contributed by atoms with Crippen molar-refractivity contribution in [2.75, 3.05) is 0 Å². The lowest BCUT2D eigenvalue weighted by Gasteiger charge is -2.22. The van der Waals surface area contributed by atoms with Crippen LogP contribution in [0.2, 0.25) is 0 Å². The second-order valence-corrected chi connectivity index (χ2v) is 8.11. The van der Waals surface area contributed by atoms with Gasteiger partial charge >= 0.3 is 0 Å². The number of carbonyl (C=O) groups excluding carboxylic acids is 1. The normalized spacial score (nSPS) is 12.9. The molecule has 2 N–H and O–H groups in total. The number of phenols is 1. The molecule has 0 aliphatic heterocycles. The van der Waals surface area contributed by atoms with Crippen molar-refractivity contribution >= 4 is 5.91 Å². The zero-order valence-electron chi connectivity index (χ0n) is 18.1. The molecule has 0 heterocycles. The minimum absolute atomic E-state index is 0.00189. The number of nitrogens with one attached hydrogen (secondary N) is 1. The van der Waals surface area contributed by atoms with E-state index in [9.17, 15) is 9.90 Å². The zero-order chi connectivity index (χ0) is 21.5. The highest BCUT2D eigenvalue weighted by molar-refractivity contribution is 5.78. The molecule has 2 atom stereocenters. The molecule has 30 heavy (non-hydrogen) atoms. The Balaban J connectivity index is 1.72. The highest BCUT2D eigenvalue weighted by Gasteiger charge is 2.23. The summed E-state index contributed by atoms with van der Waals surface area (Å²) in [6, 6.07) is 24.3. The molecule has 0 saturated carbocycles. The van der Waals surface area contributed by atoms with E-state index in [0.717, 1.165) is 35.1 Å². The van der Waals surface area contributed by atoms with Gasteiger partial charge in [-0.25, -0.2) is 0 Å². The summed E-state index contributed by atoms with van der Waals surface area (Å²) in [5, 5.41) is 13.9. The van der Waals surface area contributed by atoms with Gasteiger partial charge in [-0.15, -0.1) is 0 Å². The molecule has 0 radical (unpaired) electrons. The number of hydrogen-bond acceptors (Lipinski definition) is 2. The predicted molar refractivity (Wildman–Crippen MR) is 123 cm³/mol. The van der Waals surface area contributed by atoms with Crippen LogP contribution < -0.4 is 5.32 Å². The molecular formula is C27H31NO2. The second kappa shape index (κ2) is 10.1. The van der Waals surface area contributed by atoms with E-state index in [1.54, 1.807) is 0 Å². The Morgan fingerprint density at radius 1 is 0.933 bits per heavy atom. The van der Waals surface area contributed by atoms with Crippen molar-refractivity contribution in [3.05, 3.63) is 101 Å². The van der Waals surface area contributed by atoms with Gasteiger partial charge in [0.1, 0.15) is 5.75 Å². The summed E-state index contributed by atoms with van der Waals surface area (Å²) in [5.74, 6) is 0.0997. The Morgan fingerprint density at radius 3 is 2.23 bits per heavy atom. The van der Waals surface area contributed by atoms with Crippen LogP contribution in [-0.4, -0.2) is 17.1 Å². The maximum absolute atomic E-state index is 12.9. The highest BCUT2D eigenvalue weighted by atomic mass is 16.3. The molecule has 3 heteroatoms. The Hall–Kier alpha value is -3.07. The third kappa shape index (κ3) is 5.50. The van der Waals surface area contributed by atoms with Crippen LogP contribution in [0.4, 0.5) is 0 Å². The average Bonchev–Trinajstić information content (AvgIpc) is 2.76. The Labute approximate surface area is 179 Å².